The number of fused-ring (bicyclic) bond motifs is 1. The van der Waals surface area contributed by atoms with Gasteiger partial charge in [0.1, 0.15) is 0 Å². The lowest BCUT2D eigenvalue weighted by Gasteiger charge is -2.16. The van der Waals surface area contributed by atoms with Gasteiger partial charge in [0.2, 0.25) is 5.91 Å². The Bertz CT molecular complexity index is 445. The third kappa shape index (κ3) is 2.89. The number of hydrogen-bond acceptors (Lipinski definition) is 3. The largest absolute Gasteiger partial charge is 0.399 e. The second-order valence-corrected chi connectivity index (χ2v) is 5.82. The van der Waals surface area contributed by atoms with Crippen LogP contribution in [0.3, 0.4) is 0 Å². The molecule has 1 heterocycles. The first-order chi connectivity index (χ1) is 9.20. The van der Waals surface area contributed by atoms with Gasteiger partial charge >= 0.3 is 0 Å². The Hall–Kier alpha value is -1.55. The normalized spacial score (nSPS) is 26.3. The number of carbonyl (C=O) groups excluding carboxylic acids is 1. The second-order valence-electron chi connectivity index (χ2n) is 5.82. The van der Waals surface area contributed by atoms with Crippen LogP contribution in [-0.4, -0.2) is 30.4 Å². The minimum atomic E-state index is 0.0738. The number of likely N-dealkylation sites (tertiary alicyclic amines) is 1. The molecule has 102 valence electrons. The van der Waals surface area contributed by atoms with Gasteiger partial charge < -0.3 is 11.1 Å². The molecule has 1 saturated heterocycles. The average molecular weight is 259 g/mol. The summed E-state index contributed by atoms with van der Waals surface area (Å²) >= 11 is 0. The number of nitrogens with zero attached hydrogens (tertiary/aromatic N) is 1. The Morgan fingerprint density at radius 3 is 2.47 bits per heavy atom. The number of hydrogen-bond donors (Lipinski definition) is 2. The van der Waals surface area contributed by atoms with Crippen molar-refractivity contribution in [3.05, 3.63) is 24.3 Å². The van der Waals surface area contributed by atoms with E-state index in [1.807, 2.05) is 12.1 Å². The quantitative estimate of drug-likeness (QED) is 0.816. The van der Waals surface area contributed by atoms with Gasteiger partial charge in [-0.1, -0.05) is 6.42 Å². The summed E-state index contributed by atoms with van der Waals surface area (Å²) in [6.07, 6.45) is 4.07. The molecular weight excluding hydrogens is 238 g/mol. The molecule has 1 aliphatic heterocycles. The minimum absolute atomic E-state index is 0.0738. The maximum Gasteiger partial charge on any atom is 0.238 e. The summed E-state index contributed by atoms with van der Waals surface area (Å²) in [6.45, 7) is 2.71. The third-order valence-corrected chi connectivity index (χ3v) is 4.36. The van der Waals surface area contributed by atoms with Crippen LogP contribution in [0, 0.1) is 11.8 Å². The Labute approximate surface area is 114 Å². The van der Waals surface area contributed by atoms with Crippen LogP contribution in [0.1, 0.15) is 19.3 Å². The predicted octanol–water partition coefficient (Wildman–Crippen LogP) is 1.94. The number of benzene rings is 1. The molecule has 2 aliphatic rings. The summed E-state index contributed by atoms with van der Waals surface area (Å²) in [5.41, 5.74) is 7.15. The molecule has 0 bridgehead atoms. The van der Waals surface area contributed by atoms with Crippen molar-refractivity contribution in [2.24, 2.45) is 11.8 Å². The lowest BCUT2D eigenvalue weighted by molar-refractivity contribution is -0.117. The van der Waals surface area contributed by atoms with Crippen LogP contribution in [0.4, 0.5) is 11.4 Å². The first-order valence-electron chi connectivity index (χ1n) is 7.08. The van der Waals surface area contributed by atoms with Gasteiger partial charge in [0.05, 0.1) is 6.54 Å². The third-order valence-electron chi connectivity index (χ3n) is 4.36. The Morgan fingerprint density at radius 2 is 1.84 bits per heavy atom. The van der Waals surface area contributed by atoms with Crippen molar-refractivity contribution in [2.75, 3.05) is 30.7 Å². The number of carbonyl (C=O) groups is 1. The Balaban J connectivity index is 1.50. The molecule has 1 aromatic carbocycles. The average Bonchev–Trinajstić information content (AvgIpc) is 2.92. The molecule has 0 aromatic heterocycles. The molecule has 0 radical (unpaired) electrons. The number of nitrogens with two attached hydrogens (primary N) is 1. The Kier molecular flexibility index (Phi) is 3.42. The van der Waals surface area contributed by atoms with E-state index < -0.39 is 0 Å². The molecule has 3 N–H and O–H groups in total. The van der Waals surface area contributed by atoms with Crippen molar-refractivity contribution in [2.45, 2.75) is 19.3 Å². The van der Waals surface area contributed by atoms with E-state index in [0.717, 1.165) is 30.6 Å². The standard InChI is InChI=1S/C15H21N3O/c16-13-4-6-14(7-5-13)17-15(19)10-18-8-11-2-1-3-12(11)9-18/h4-7,11-12H,1-3,8-10,16H2,(H,17,19). The van der Waals surface area contributed by atoms with E-state index in [1.54, 1.807) is 12.1 Å². The zero-order valence-electron chi connectivity index (χ0n) is 11.1. The first-order valence-corrected chi connectivity index (χ1v) is 7.08. The fourth-order valence-corrected chi connectivity index (χ4v) is 3.43. The van der Waals surface area contributed by atoms with Gasteiger partial charge in [-0.25, -0.2) is 0 Å². The highest BCUT2D eigenvalue weighted by molar-refractivity contribution is 5.92. The van der Waals surface area contributed by atoms with Crippen LogP contribution in [0.5, 0.6) is 0 Å². The number of nitrogen functional groups attached to an aromatic ring is 1. The molecule has 4 heteroatoms. The minimum Gasteiger partial charge on any atom is -0.399 e. The molecule has 1 aliphatic carbocycles. The summed E-state index contributed by atoms with van der Waals surface area (Å²) in [5, 5.41) is 2.93. The van der Waals surface area contributed by atoms with Crippen molar-refractivity contribution >= 4 is 17.3 Å². The molecule has 2 atom stereocenters. The molecule has 1 amide bonds. The van der Waals surface area contributed by atoms with Gasteiger partial charge in [-0.05, 0) is 48.9 Å². The topological polar surface area (TPSA) is 58.4 Å². The number of anilines is 2. The Morgan fingerprint density at radius 1 is 1.21 bits per heavy atom. The van der Waals surface area contributed by atoms with Crippen LogP contribution in [0.2, 0.25) is 0 Å². The summed E-state index contributed by atoms with van der Waals surface area (Å²) in [4.78, 5) is 14.3. The maximum absolute atomic E-state index is 12.0. The molecule has 19 heavy (non-hydrogen) atoms. The van der Waals surface area contributed by atoms with Gasteiger partial charge in [0, 0.05) is 24.5 Å². The van der Waals surface area contributed by atoms with E-state index in [9.17, 15) is 4.79 Å². The van der Waals surface area contributed by atoms with E-state index in [4.69, 9.17) is 5.73 Å². The zero-order valence-corrected chi connectivity index (χ0v) is 11.1. The highest BCUT2D eigenvalue weighted by atomic mass is 16.2. The molecule has 0 spiro atoms. The van der Waals surface area contributed by atoms with Crippen molar-refractivity contribution in [3.8, 4) is 0 Å². The maximum atomic E-state index is 12.0. The van der Waals surface area contributed by atoms with Gasteiger partial charge in [-0.3, -0.25) is 9.69 Å². The SMILES string of the molecule is Nc1ccc(NC(=O)CN2CC3CCCC3C2)cc1. The lowest BCUT2D eigenvalue weighted by atomic mass is 10.0. The van der Waals surface area contributed by atoms with E-state index >= 15 is 0 Å². The number of nitrogens with one attached hydrogen (secondary N) is 1. The van der Waals surface area contributed by atoms with Crippen LogP contribution >= 0.6 is 0 Å². The van der Waals surface area contributed by atoms with Gasteiger partial charge in [0.25, 0.3) is 0 Å². The van der Waals surface area contributed by atoms with E-state index in [0.29, 0.717) is 12.2 Å². The van der Waals surface area contributed by atoms with E-state index in [1.165, 1.54) is 19.3 Å². The fourth-order valence-electron chi connectivity index (χ4n) is 3.43. The smallest absolute Gasteiger partial charge is 0.238 e. The van der Waals surface area contributed by atoms with Gasteiger partial charge in [-0.15, -0.1) is 0 Å². The van der Waals surface area contributed by atoms with Gasteiger partial charge in [-0.2, -0.15) is 0 Å². The summed E-state index contributed by atoms with van der Waals surface area (Å²) < 4.78 is 0. The van der Waals surface area contributed by atoms with Crippen LogP contribution in [0.25, 0.3) is 0 Å². The van der Waals surface area contributed by atoms with E-state index in [-0.39, 0.29) is 5.91 Å². The number of rotatable bonds is 3. The van der Waals surface area contributed by atoms with Crippen molar-refractivity contribution < 1.29 is 4.79 Å². The molecule has 4 nitrogen and oxygen atoms in total. The monoisotopic (exact) mass is 259 g/mol. The zero-order chi connectivity index (χ0) is 13.2. The first kappa shape index (κ1) is 12.5. The second kappa shape index (κ2) is 5.21. The van der Waals surface area contributed by atoms with Crippen molar-refractivity contribution in [1.29, 1.82) is 0 Å². The summed E-state index contributed by atoms with van der Waals surface area (Å²) in [6, 6.07) is 7.28. The molecule has 1 aromatic rings. The highest BCUT2D eigenvalue weighted by Crippen LogP contribution is 2.37. The molecule has 2 fully saturated rings. The van der Waals surface area contributed by atoms with Crippen LogP contribution in [-0.2, 0) is 4.79 Å². The predicted molar refractivity (Wildman–Crippen MR) is 76.8 cm³/mol. The van der Waals surface area contributed by atoms with E-state index in [2.05, 4.69) is 10.2 Å². The molecular formula is C15H21N3O. The highest BCUT2D eigenvalue weighted by Gasteiger charge is 2.36. The number of amides is 1. The van der Waals surface area contributed by atoms with Crippen LogP contribution in [0.15, 0.2) is 24.3 Å². The van der Waals surface area contributed by atoms with Gasteiger partial charge in [0.15, 0.2) is 0 Å². The summed E-state index contributed by atoms with van der Waals surface area (Å²) in [7, 11) is 0. The summed E-state index contributed by atoms with van der Waals surface area (Å²) in [5.74, 6) is 1.75. The van der Waals surface area contributed by atoms with Crippen molar-refractivity contribution in [3.63, 3.8) is 0 Å². The van der Waals surface area contributed by atoms with Crippen molar-refractivity contribution in [1.82, 2.24) is 4.90 Å². The van der Waals surface area contributed by atoms with Crippen LogP contribution < -0.4 is 11.1 Å². The lowest BCUT2D eigenvalue weighted by Crippen LogP contribution is -2.32. The fraction of sp³-hybridized carbons (Fsp3) is 0.533. The molecule has 2 unspecified atom stereocenters. The molecule has 1 saturated carbocycles. The molecule has 3 rings (SSSR count).